The summed E-state index contributed by atoms with van der Waals surface area (Å²) in [5, 5.41) is 3.68. The van der Waals surface area contributed by atoms with Gasteiger partial charge in [-0.2, -0.15) is 0 Å². The third kappa shape index (κ3) is 7.77. The largest absolute Gasteiger partial charge is 0.462 e. The number of carbonyl (C=O) groups excluding carboxylic acids is 1. The lowest BCUT2D eigenvalue weighted by atomic mass is 10.3. The summed E-state index contributed by atoms with van der Waals surface area (Å²) in [6.07, 6.45) is 4.30. The number of hydrogen-bond donors (Lipinski definition) is 1. The highest BCUT2D eigenvalue weighted by Gasteiger charge is 2.50. The molecular formula is C22H47NO3Si2. The maximum absolute atomic E-state index is 11.6. The van der Waals surface area contributed by atoms with Crippen LogP contribution in [0, 0.1) is 0 Å². The molecule has 1 unspecified atom stereocenters. The molecule has 1 N–H and O–H groups in total. The van der Waals surface area contributed by atoms with E-state index in [-0.39, 0.29) is 16.4 Å². The summed E-state index contributed by atoms with van der Waals surface area (Å²) >= 11 is 0. The van der Waals surface area contributed by atoms with E-state index in [0.717, 1.165) is 25.4 Å². The Balaban J connectivity index is 5.08. The highest BCUT2D eigenvalue weighted by molar-refractivity contribution is 6.82. The molecule has 4 nitrogen and oxygen atoms in total. The van der Waals surface area contributed by atoms with Crippen LogP contribution in [0.25, 0.3) is 0 Å². The van der Waals surface area contributed by atoms with E-state index >= 15 is 0 Å². The number of ether oxygens (including phenoxy) is 1. The minimum atomic E-state index is -2.00. The van der Waals surface area contributed by atoms with Crippen LogP contribution < -0.4 is 5.32 Å². The van der Waals surface area contributed by atoms with Gasteiger partial charge in [0.15, 0.2) is 0 Å². The van der Waals surface area contributed by atoms with E-state index in [1.54, 1.807) is 6.92 Å². The maximum atomic E-state index is 11.6. The summed E-state index contributed by atoms with van der Waals surface area (Å²) in [5.74, 6) is -0.289. The molecule has 166 valence electrons. The van der Waals surface area contributed by atoms with Crippen molar-refractivity contribution in [2.24, 2.45) is 0 Å². The fourth-order valence-corrected chi connectivity index (χ4v) is 9.70. The number of rotatable bonds is 14. The minimum Gasteiger partial charge on any atom is -0.462 e. The van der Waals surface area contributed by atoms with Gasteiger partial charge in [0.2, 0.25) is 8.32 Å². The zero-order valence-electron chi connectivity index (χ0n) is 20.4. The number of unbranched alkanes of at least 4 members (excludes halogenated alkanes) is 1. The third-order valence-corrected chi connectivity index (χ3v) is 16.0. The van der Waals surface area contributed by atoms with Crippen molar-refractivity contribution in [2.45, 2.75) is 110 Å². The molecule has 0 heterocycles. The van der Waals surface area contributed by atoms with E-state index in [0.29, 0.717) is 12.2 Å². The molecule has 6 heteroatoms. The smallest absolute Gasteiger partial charge is 0.333 e. The van der Waals surface area contributed by atoms with Crippen molar-refractivity contribution < 1.29 is 14.0 Å². The summed E-state index contributed by atoms with van der Waals surface area (Å²) in [6, 6.07) is 1.08. The molecule has 0 saturated carbocycles. The molecule has 0 fully saturated rings. The summed E-state index contributed by atoms with van der Waals surface area (Å²) in [6.45, 7) is 27.7. The zero-order chi connectivity index (χ0) is 22.2. The molecule has 0 aliphatic heterocycles. The summed E-state index contributed by atoms with van der Waals surface area (Å²) < 4.78 is 12.4. The highest BCUT2D eigenvalue weighted by Crippen LogP contribution is 2.37. The molecule has 1 atom stereocenters. The average Bonchev–Trinajstić information content (AvgIpc) is 2.57. The summed E-state index contributed by atoms with van der Waals surface area (Å²) in [5.41, 5.74) is 0.462. The van der Waals surface area contributed by atoms with Gasteiger partial charge in [-0.25, -0.2) is 4.79 Å². The van der Waals surface area contributed by atoms with Crippen LogP contribution in [-0.4, -0.2) is 45.9 Å². The zero-order valence-corrected chi connectivity index (χ0v) is 22.4. The first-order valence-electron chi connectivity index (χ1n) is 10.9. The second kappa shape index (κ2) is 11.1. The lowest BCUT2D eigenvalue weighted by Gasteiger charge is -2.51. The van der Waals surface area contributed by atoms with E-state index in [1.807, 2.05) is 0 Å². The summed E-state index contributed by atoms with van der Waals surface area (Å²) in [4.78, 5) is 11.6. The fraction of sp³-hybridized carbons (Fsp3) is 0.864. The first-order chi connectivity index (χ1) is 12.7. The Morgan fingerprint density at radius 2 is 1.64 bits per heavy atom. The highest BCUT2D eigenvalue weighted by atomic mass is 28.4. The number of nitrogens with one attached hydrogen (secondary N) is 1. The standard InChI is InChI=1S/C22H47NO3Si2/c1-12-14-16-23-21(5,6)28(10,11)26-22(7,13-2)27(8,9)18-15-17-25-20(24)19(3)4/h23H,3,12-18H2,1-2,4-11H3. The molecule has 0 spiro atoms. The molecule has 0 aromatic carbocycles. The molecule has 0 aromatic rings. The molecule has 0 amide bonds. The van der Waals surface area contributed by atoms with Crippen molar-refractivity contribution in [3.63, 3.8) is 0 Å². The second-order valence-corrected chi connectivity index (χ2v) is 19.8. The Kier molecular flexibility index (Phi) is 10.9. The molecule has 28 heavy (non-hydrogen) atoms. The van der Waals surface area contributed by atoms with E-state index in [1.165, 1.54) is 12.8 Å². The van der Waals surface area contributed by atoms with Crippen molar-refractivity contribution >= 4 is 22.4 Å². The first kappa shape index (κ1) is 27.6. The molecular weight excluding hydrogens is 382 g/mol. The number of carbonyl (C=O) groups is 1. The van der Waals surface area contributed by atoms with Gasteiger partial charge in [0.05, 0.1) is 14.7 Å². The number of hydrogen-bond acceptors (Lipinski definition) is 4. The van der Waals surface area contributed by atoms with E-state index < -0.39 is 16.4 Å². The molecule has 0 rings (SSSR count). The van der Waals surface area contributed by atoms with Gasteiger partial charge in [0, 0.05) is 16.0 Å². The van der Waals surface area contributed by atoms with Crippen LogP contribution in [0.1, 0.15) is 67.2 Å². The van der Waals surface area contributed by atoms with Crippen molar-refractivity contribution in [1.29, 1.82) is 0 Å². The Bertz CT molecular complexity index is 518. The normalized spacial score (nSPS) is 15.2. The van der Waals surface area contributed by atoms with Crippen LogP contribution in [0.15, 0.2) is 12.2 Å². The third-order valence-electron chi connectivity index (χ3n) is 6.72. The van der Waals surface area contributed by atoms with Gasteiger partial charge in [-0.15, -0.1) is 0 Å². The predicted octanol–water partition coefficient (Wildman–Crippen LogP) is 5.84. The molecule has 0 saturated heterocycles. The van der Waals surface area contributed by atoms with Gasteiger partial charge in [-0.05, 0) is 66.6 Å². The second-order valence-electron chi connectivity index (χ2n) is 10.0. The first-order valence-corrected chi connectivity index (χ1v) is 17.0. The molecule has 0 bridgehead atoms. The van der Waals surface area contributed by atoms with Gasteiger partial charge in [-0.3, -0.25) is 0 Å². The average molecular weight is 430 g/mol. The van der Waals surface area contributed by atoms with Crippen LogP contribution >= 0.6 is 0 Å². The SMILES string of the molecule is C=C(C)C(=O)OCCC[Si](C)(C)C(C)(CC)O[Si](C)(C)C(C)(C)NCCCC. The Morgan fingerprint density at radius 3 is 2.11 bits per heavy atom. The quantitative estimate of drug-likeness (QED) is 0.163. The van der Waals surface area contributed by atoms with Crippen molar-refractivity contribution in [3.05, 3.63) is 12.2 Å². The van der Waals surface area contributed by atoms with Gasteiger partial charge in [-0.1, -0.05) is 46.0 Å². The van der Waals surface area contributed by atoms with Crippen molar-refractivity contribution in [3.8, 4) is 0 Å². The Morgan fingerprint density at radius 1 is 1.07 bits per heavy atom. The van der Waals surface area contributed by atoms with Gasteiger partial charge < -0.3 is 14.5 Å². The van der Waals surface area contributed by atoms with Gasteiger partial charge in [0.1, 0.15) is 0 Å². The number of esters is 1. The monoisotopic (exact) mass is 429 g/mol. The van der Waals surface area contributed by atoms with Gasteiger partial charge in [0.25, 0.3) is 0 Å². The van der Waals surface area contributed by atoms with Crippen molar-refractivity contribution in [1.82, 2.24) is 5.32 Å². The van der Waals surface area contributed by atoms with Crippen LogP contribution in [-0.2, 0) is 14.0 Å². The van der Waals surface area contributed by atoms with Crippen LogP contribution in [0.3, 0.4) is 0 Å². The van der Waals surface area contributed by atoms with Gasteiger partial charge >= 0.3 is 5.97 Å². The maximum Gasteiger partial charge on any atom is 0.333 e. The molecule has 0 aliphatic carbocycles. The van der Waals surface area contributed by atoms with E-state index in [2.05, 4.69) is 72.7 Å². The van der Waals surface area contributed by atoms with Crippen LogP contribution in [0.2, 0.25) is 32.2 Å². The lowest BCUT2D eigenvalue weighted by Crippen LogP contribution is -2.67. The lowest BCUT2D eigenvalue weighted by molar-refractivity contribution is -0.138. The minimum absolute atomic E-state index is 0.0140. The fourth-order valence-electron chi connectivity index (χ4n) is 3.24. The molecule has 0 aromatic heterocycles. The molecule has 0 radical (unpaired) electrons. The van der Waals surface area contributed by atoms with Crippen molar-refractivity contribution in [2.75, 3.05) is 13.2 Å². The van der Waals surface area contributed by atoms with Crippen LogP contribution in [0.4, 0.5) is 0 Å². The predicted molar refractivity (Wildman–Crippen MR) is 127 cm³/mol. The summed E-state index contributed by atoms with van der Waals surface area (Å²) in [7, 11) is -3.71. The van der Waals surface area contributed by atoms with E-state index in [4.69, 9.17) is 9.16 Å². The Labute approximate surface area is 177 Å². The topological polar surface area (TPSA) is 47.6 Å². The molecule has 0 aliphatic rings. The van der Waals surface area contributed by atoms with Crippen LogP contribution in [0.5, 0.6) is 0 Å². The van der Waals surface area contributed by atoms with E-state index in [9.17, 15) is 4.79 Å². The Hall–Kier alpha value is -0.436.